The first kappa shape index (κ1) is 10.7. The van der Waals surface area contributed by atoms with Crippen molar-refractivity contribution in [1.82, 2.24) is 5.32 Å². The lowest BCUT2D eigenvalue weighted by Crippen LogP contribution is -2.22. The predicted molar refractivity (Wildman–Crippen MR) is 116 cm³/mol. The molecule has 3 aromatic rings. The van der Waals surface area contributed by atoms with Gasteiger partial charge < -0.3 is 15.5 Å². The molecule has 3 rings (SSSR count). The first-order chi connectivity index (χ1) is 18.4. The molecule has 3 aromatic carbocycles. The molecule has 29 heavy (non-hydrogen) atoms. The van der Waals surface area contributed by atoms with Crippen molar-refractivity contribution in [3.05, 3.63) is 94.9 Å². The van der Waals surface area contributed by atoms with Gasteiger partial charge in [0.25, 0.3) is 0 Å². The van der Waals surface area contributed by atoms with Crippen molar-refractivity contribution in [3.8, 4) is 11.1 Å². The predicted octanol–water partition coefficient (Wildman–Crippen LogP) is 4.62. The third kappa shape index (κ3) is 6.01. The number of benzene rings is 3. The summed E-state index contributed by atoms with van der Waals surface area (Å²) in [5.41, 5.74) is -0.752. The largest absolute Gasteiger partial charge is 0.478 e. The Morgan fingerprint density at radius 2 is 2.03 bits per heavy atom. The molecule has 150 valence electrons. The standard InChI is InChI=1S/C25H27NO3/c1-18-6-2-11-22(14-18)24(27)17-26-13-5-8-19-7-3-9-20(15-19)21-10-4-12-23(16-21)25(28)29/h2-4,6-7,9-12,14-16,24,26-27H,5,8,13,17H2,1H3,(H,28,29)/t24-/m0/s1/i2D,3D,5D2,6D,7D,9D,11D,14D,15D,24D. The Labute approximate surface area is 187 Å². The third-order valence-electron chi connectivity index (χ3n) is 3.96. The lowest BCUT2D eigenvalue weighted by molar-refractivity contribution is 0.0697. The number of hydrogen-bond acceptors (Lipinski definition) is 3. The number of aliphatic hydroxyl groups is 1. The molecule has 0 spiro atoms. The number of carbonyl (C=O) groups is 1. The summed E-state index contributed by atoms with van der Waals surface area (Å²) in [5, 5.41) is 22.6. The van der Waals surface area contributed by atoms with Crippen molar-refractivity contribution in [2.45, 2.75) is 25.8 Å². The topological polar surface area (TPSA) is 69.6 Å². The molecule has 0 saturated heterocycles. The van der Waals surface area contributed by atoms with E-state index >= 15 is 0 Å². The van der Waals surface area contributed by atoms with Crippen LogP contribution in [0.1, 0.15) is 54.6 Å². The fourth-order valence-electron chi connectivity index (χ4n) is 2.55. The minimum Gasteiger partial charge on any atom is -0.478 e. The van der Waals surface area contributed by atoms with Crippen molar-refractivity contribution in [3.63, 3.8) is 0 Å². The second-order valence-electron chi connectivity index (χ2n) is 6.22. The van der Waals surface area contributed by atoms with Crippen LogP contribution in [0.5, 0.6) is 0 Å². The van der Waals surface area contributed by atoms with E-state index < -0.39 is 85.8 Å². The molecular formula is C25H27NO3. The summed E-state index contributed by atoms with van der Waals surface area (Å²) >= 11 is 0. The van der Waals surface area contributed by atoms with Crippen molar-refractivity contribution in [2.24, 2.45) is 0 Å². The Morgan fingerprint density at radius 1 is 1.21 bits per heavy atom. The molecule has 0 heterocycles. The van der Waals surface area contributed by atoms with E-state index in [9.17, 15) is 15.0 Å². The fourth-order valence-corrected chi connectivity index (χ4v) is 2.55. The lowest BCUT2D eigenvalue weighted by atomic mass is 9.99. The van der Waals surface area contributed by atoms with Gasteiger partial charge in [-0.05, 0) is 60.6 Å². The molecule has 4 heteroatoms. The molecule has 0 fully saturated rings. The molecule has 3 N–H and O–H groups in total. The lowest BCUT2D eigenvalue weighted by Gasteiger charge is -2.13. The maximum Gasteiger partial charge on any atom is 0.335 e. The van der Waals surface area contributed by atoms with Gasteiger partial charge >= 0.3 is 5.97 Å². The van der Waals surface area contributed by atoms with E-state index in [2.05, 4.69) is 5.32 Å². The molecule has 0 unspecified atom stereocenters. The molecular weight excluding hydrogens is 362 g/mol. The molecule has 0 aromatic heterocycles. The maximum absolute atomic E-state index is 11.4. The van der Waals surface area contributed by atoms with Gasteiger partial charge in [-0.15, -0.1) is 0 Å². The molecule has 0 aliphatic rings. The van der Waals surface area contributed by atoms with E-state index in [0.29, 0.717) is 0 Å². The third-order valence-corrected chi connectivity index (χ3v) is 3.96. The van der Waals surface area contributed by atoms with E-state index in [1.54, 1.807) is 0 Å². The summed E-state index contributed by atoms with van der Waals surface area (Å²) < 4.78 is 90.3. The highest BCUT2D eigenvalue weighted by molar-refractivity contribution is 5.89. The summed E-state index contributed by atoms with van der Waals surface area (Å²) in [6.45, 7) is 0.195. The van der Waals surface area contributed by atoms with Crippen molar-refractivity contribution >= 4 is 5.97 Å². The number of aromatic carboxylic acids is 1. The first-order valence-corrected chi connectivity index (χ1v) is 8.84. The summed E-state index contributed by atoms with van der Waals surface area (Å²) in [6, 6.07) is 1.44. The van der Waals surface area contributed by atoms with Gasteiger partial charge in [-0.25, -0.2) is 4.79 Å². The van der Waals surface area contributed by atoms with Gasteiger partial charge in [0, 0.05) is 9.29 Å². The summed E-state index contributed by atoms with van der Waals surface area (Å²) in [4.78, 5) is 11.4. The van der Waals surface area contributed by atoms with Crippen LogP contribution < -0.4 is 5.32 Å². The minimum atomic E-state index is -2.61. The zero-order chi connectivity index (χ0) is 30.3. The van der Waals surface area contributed by atoms with E-state index in [0.717, 1.165) is 0 Å². The van der Waals surface area contributed by atoms with Crippen molar-refractivity contribution in [2.75, 3.05) is 13.1 Å². The molecule has 0 saturated carbocycles. The van der Waals surface area contributed by atoms with Crippen LogP contribution in [0.25, 0.3) is 11.1 Å². The monoisotopic (exact) mass is 400 g/mol. The van der Waals surface area contributed by atoms with Gasteiger partial charge in [0.15, 0.2) is 0 Å². The molecule has 0 aliphatic carbocycles. The van der Waals surface area contributed by atoms with E-state index in [1.807, 2.05) is 0 Å². The molecule has 4 nitrogen and oxygen atoms in total. The highest BCUT2D eigenvalue weighted by Gasteiger charge is 2.07. The summed E-state index contributed by atoms with van der Waals surface area (Å²) in [5.74, 6) is -1.24. The van der Waals surface area contributed by atoms with E-state index in [1.165, 1.54) is 31.2 Å². The fraction of sp³-hybridized carbons (Fsp3) is 0.240. The maximum atomic E-state index is 11.4. The van der Waals surface area contributed by atoms with Gasteiger partial charge in [-0.2, -0.15) is 0 Å². The van der Waals surface area contributed by atoms with E-state index in [-0.39, 0.29) is 33.9 Å². The van der Waals surface area contributed by atoms with Crippen LogP contribution >= 0.6 is 0 Å². The zero-order valence-electron chi connectivity index (χ0n) is 26.7. The second-order valence-corrected chi connectivity index (χ2v) is 6.22. The number of hydrogen-bond donors (Lipinski definition) is 3. The Kier molecular flexibility index (Phi) is 3.70. The quantitative estimate of drug-likeness (QED) is 0.490. The van der Waals surface area contributed by atoms with Crippen LogP contribution in [0.3, 0.4) is 0 Å². The van der Waals surface area contributed by atoms with Crippen LogP contribution in [0, 0.1) is 6.92 Å². The number of carboxylic acids is 1. The highest BCUT2D eigenvalue weighted by Crippen LogP contribution is 2.22. The summed E-state index contributed by atoms with van der Waals surface area (Å²) in [7, 11) is 0. The first-order valence-electron chi connectivity index (χ1n) is 14.3. The normalized spacial score (nSPS) is 18.9. The number of nitrogens with one attached hydrogen (secondary N) is 1. The van der Waals surface area contributed by atoms with Crippen LogP contribution in [-0.4, -0.2) is 29.3 Å². The smallest absolute Gasteiger partial charge is 0.335 e. The molecule has 1 atom stereocenters. The van der Waals surface area contributed by atoms with Gasteiger partial charge in [0.2, 0.25) is 0 Å². The Bertz CT molecular complexity index is 1460. The Morgan fingerprint density at radius 3 is 2.86 bits per heavy atom. The Hall–Kier alpha value is -2.95. The Balaban J connectivity index is 1.89. The zero-order valence-corrected chi connectivity index (χ0v) is 15.7. The van der Waals surface area contributed by atoms with Crippen LogP contribution in [0.2, 0.25) is 0 Å². The van der Waals surface area contributed by atoms with Gasteiger partial charge in [0.05, 0.1) is 24.0 Å². The van der Waals surface area contributed by atoms with E-state index in [4.69, 9.17) is 15.1 Å². The van der Waals surface area contributed by atoms with Crippen LogP contribution in [-0.2, 0) is 6.42 Å². The van der Waals surface area contributed by atoms with Crippen molar-refractivity contribution < 1.29 is 30.1 Å². The average Bonchev–Trinajstić information content (AvgIpc) is 2.87. The van der Waals surface area contributed by atoms with Crippen LogP contribution in [0.4, 0.5) is 0 Å². The molecule has 0 radical (unpaired) electrons. The van der Waals surface area contributed by atoms with Crippen molar-refractivity contribution in [1.29, 1.82) is 0 Å². The summed E-state index contributed by atoms with van der Waals surface area (Å²) in [6.07, 6.45) is -5.38. The molecule has 0 aliphatic heterocycles. The van der Waals surface area contributed by atoms with Crippen LogP contribution in [0.15, 0.2) is 72.6 Å². The average molecular weight is 401 g/mol. The molecule has 0 bridgehead atoms. The number of carboxylic acid groups (broad SMARTS) is 1. The molecule has 0 amide bonds. The van der Waals surface area contributed by atoms with Gasteiger partial charge in [-0.3, -0.25) is 0 Å². The second kappa shape index (κ2) is 10.0. The van der Waals surface area contributed by atoms with Gasteiger partial charge in [-0.1, -0.05) is 66.0 Å². The highest BCUT2D eigenvalue weighted by atomic mass is 16.4. The minimum absolute atomic E-state index is 0.0108. The van der Waals surface area contributed by atoms with Gasteiger partial charge in [0.1, 0.15) is 0 Å². The number of rotatable bonds is 9. The SMILES string of the molecule is [2H]c1c([2H])c(CC([2H])([2H])CNC[C@]([2H])(O)c2c([2H])c([2H])c([2H])c(C)c2[2H])c([2H])c(-c2cccc(C(=O)O)c2)c1[2H].